The van der Waals surface area contributed by atoms with Gasteiger partial charge in [0.15, 0.2) is 11.6 Å². The summed E-state index contributed by atoms with van der Waals surface area (Å²) in [7, 11) is 1.45. The summed E-state index contributed by atoms with van der Waals surface area (Å²) in [6.07, 6.45) is 2.49. The predicted octanol–water partition coefficient (Wildman–Crippen LogP) is 3.26. The van der Waals surface area contributed by atoms with E-state index in [1.165, 1.54) is 26.0 Å². The summed E-state index contributed by atoms with van der Waals surface area (Å²) in [5.74, 6) is 0.445. The highest BCUT2D eigenvalue weighted by Gasteiger charge is 2.44. The minimum Gasteiger partial charge on any atom is -0.494 e. The molecule has 0 atom stereocenters. The topological polar surface area (TPSA) is 47.3 Å². The van der Waals surface area contributed by atoms with Gasteiger partial charge in [-0.05, 0) is 24.2 Å². The summed E-state index contributed by atoms with van der Waals surface area (Å²) >= 11 is 0. The van der Waals surface area contributed by atoms with Crippen LogP contribution in [0.2, 0.25) is 0 Å². The number of benzene rings is 1. The first-order valence-electron chi connectivity index (χ1n) is 6.35. The lowest BCUT2D eigenvalue weighted by molar-refractivity contribution is 0.379. The maximum Gasteiger partial charge on any atom is 0.167 e. The highest BCUT2D eigenvalue weighted by Crippen LogP contribution is 2.51. The van der Waals surface area contributed by atoms with Gasteiger partial charge in [-0.25, -0.2) is 4.39 Å². The number of nitrogens with two attached hydrogens (primary N) is 1. The highest BCUT2D eigenvalue weighted by molar-refractivity contribution is 5.68. The van der Waals surface area contributed by atoms with E-state index < -0.39 is 5.82 Å². The van der Waals surface area contributed by atoms with Crippen LogP contribution in [0.15, 0.2) is 12.1 Å². The van der Waals surface area contributed by atoms with Crippen molar-refractivity contribution in [1.82, 2.24) is 0 Å². The number of ether oxygens (including phenoxy) is 1. The minimum atomic E-state index is -0.425. The second-order valence-electron chi connectivity index (χ2n) is 5.44. The van der Waals surface area contributed by atoms with Crippen molar-refractivity contribution in [1.29, 1.82) is 0 Å². The Hall–Kier alpha value is -1.45. The Balaban J connectivity index is 2.10. The van der Waals surface area contributed by atoms with Gasteiger partial charge in [-0.2, -0.15) is 0 Å². The van der Waals surface area contributed by atoms with Crippen LogP contribution in [0.5, 0.6) is 5.75 Å². The molecule has 1 aliphatic carbocycles. The maximum atomic E-state index is 13.4. The van der Waals surface area contributed by atoms with Gasteiger partial charge in [0, 0.05) is 18.7 Å². The van der Waals surface area contributed by atoms with Crippen molar-refractivity contribution in [3.63, 3.8) is 0 Å². The van der Waals surface area contributed by atoms with Crippen LogP contribution in [0.3, 0.4) is 0 Å². The van der Waals surface area contributed by atoms with Gasteiger partial charge < -0.3 is 15.8 Å². The number of hydrogen-bond donors (Lipinski definition) is 2. The van der Waals surface area contributed by atoms with Crippen LogP contribution in [-0.2, 0) is 0 Å². The van der Waals surface area contributed by atoms with Gasteiger partial charge in [-0.1, -0.05) is 13.8 Å². The number of methoxy groups -OCH3 is 1. The van der Waals surface area contributed by atoms with E-state index in [2.05, 4.69) is 19.2 Å². The standard InChI is InChI=1S/C14H21FN2O/c1-9(2)14(4-5-14)8-17-12-7-13(18-3)10(15)6-11(12)16/h6-7,9,17H,4-5,8,16H2,1-3H3. The van der Waals surface area contributed by atoms with Gasteiger partial charge in [-0.3, -0.25) is 0 Å². The van der Waals surface area contributed by atoms with Gasteiger partial charge >= 0.3 is 0 Å². The van der Waals surface area contributed by atoms with Crippen LogP contribution in [-0.4, -0.2) is 13.7 Å². The molecule has 1 aliphatic rings. The van der Waals surface area contributed by atoms with E-state index in [-0.39, 0.29) is 5.75 Å². The molecule has 18 heavy (non-hydrogen) atoms. The number of hydrogen-bond acceptors (Lipinski definition) is 3. The Morgan fingerprint density at radius 3 is 2.61 bits per heavy atom. The fourth-order valence-electron chi connectivity index (χ4n) is 2.27. The third-order valence-electron chi connectivity index (χ3n) is 4.07. The summed E-state index contributed by atoms with van der Waals surface area (Å²) in [6.45, 7) is 5.36. The van der Waals surface area contributed by atoms with Crippen molar-refractivity contribution in [3.8, 4) is 5.75 Å². The van der Waals surface area contributed by atoms with Crippen molar-refractivity contribution in [2.45, 2.75) is 26.7 Å². The molecule has 1 fully saturated rings. The lowest BCUT2D eigenvalue weighted by atomic mass is 9.92. The Kier molecular flexibility index (Phi) is 3.37. The monoisotopic (exact) mass is 252 g/mol. The summed E-state index contributed by atoms with van der Waals surface area (Å²) in [5.41, 5.74) is 7.37. The first-order chi connectivity index (χ1) is 8.48. The number of anilines is 2. The maximum absolute atomic E-state index is 13.4. The van der Waals surface area contributed by atoms with E-state index in [1.807, 2.05) is 0 Å². The molecule has 0 bridgehead atoms. The summed E-state index contributed by atoms with van der Waals surface area (Å²) < 4.78 is 18.4. The molecule has 100 valence electrons. The van der Waals surface area contributed by atoms with Crippen LogP contribution >= 0.6 is 0 Å². The van der Waals surface area contributed by atoms with Crippen molar-refractivity contribution >= 4 is 11.4 Å². The van der Waals surface area contributed by atoms with E-state index >= 15 is 0 Å². The molecular weight excluding hydrogens is 231 g/mol. The van der Waals surface area contributed by atoms with Crippen molar-refractivity contribution in [2.24, 2.45) is 11.3 Å². The van der Waals surface area contributed by atoms with E-state index in [0.29, 0.717) is 17.0 Å². The number of rotatable bonds is 5. The van der Waals surface area contributed by atoms with E-state index in [0.717, 1.165) is 12.2 Å². The van der Waals surface area contributed by atoms with Gasteiger partial charge in [0.2, 0.25) is 0 Å². The Bertz CT molecular complexity index is 442. The average molecular weight is 252 g/mol. The molecule has 1 aromatic rings. The molecule has 0 saturated heterocycles. The molecule has 0 aromatic heterocycles. The second-order valence-corrected chi connectivity index (χ2v) is 5.44. The molecule has 1 saturated carbocycles. The first-order valence-corrected chi connectivity index (χ1v) is 6.35. The van der Waals surface area contributed by atoms with E-state index in [9.17, 15) is 4.39 Å². The lowest BCUT2D eigenvalue weighted by Crippen LogP contribution is -2.21. The van der Waals surface area contributed by atoms with Crippen LogP contribution in [0.1, 0.15) is 26.7 Å². The Morgan fingerprint density at radius 1 is 1.44 bits per heavy atom. The molecule has 0 aliphatic heterocycles. The predicted molar refractivity (Wildman–Crippen MR) is 72.4 cm³/mol. The largest absolute Gasteiger partial charge is 0.494 e. The molecular formula is C14H21FN2O. The van der Waals surface area contributed by atoms with Crippen molar-refractivity contribution < 1.29 is 9.13 Å². The molecule has 0 amide bonds. The smallest absolute Gasteiger partial charge is 0.167 e. The molecule has 1 aromatic carbocycles. The summed E-state index contributed by atoms with van der Waals surface area (Å²) in [4.78, 5) is 0. The highest BCUT2D eigenvalue weighted by atomic mass is 19.1. The third kappa shape index (κ3) is 2.37. The summed E-state index contributed by atoms with van der Waals surface area (Å²) in [6, 6.07) is 2.93. The fraction of sp³-hybridized carbons (Fsp3) is 0.571. The number of halogens is 1. The normalized spacial score (nSPS) is 16.7. The van der Waals surface area contributed by atoms with Gasteiger partial charge in [-0.15, -0.1) is 0 Å². The zero-order valence-electron chi connectivity index (χ0n) is 11.2. The van der Waals surface area contributed by atoms with Crippen molar-refractivity contribution in [3.05, 3.63) is 17.9 Å². The van der Waals surface area contributed by atoms with Gasteiger partial charge in [0.05, 0.1) is 18.5 Å². The second kappa shape index (κ2) is 4.67. The van der Waals surface area contributed by atoms with Crippen molar-refractivity contribution in [2.75, 3.05) is 24.7 Å². The van der Waals surface area contributed by atoms with Crippen LogP contribution in [0.4, 0.5) is 15.8 Å². The average Bonchev–Trinajstić information content (AvgIpc) is 3.09. The quantitative estimate of drug-likeness (QED) is 0.791. The summed E-state index contributed by atoms with van der Waals surface area (Å²) in [5, 5.41) is 3.33. The third-order valence-corrected chi connectivity index (χ3v) is 4.07. The van der Waals surface area contributed by atoms with Gasteiger partial charge in [0.25, 0.3) is 0 Å². The fourth-order valence-corrected chi connectivity index (χ4v) is 2.27. The zero-order valence-corrected chi connectivity index (χ0v) is 11.2. The lowest BCUT2D eigenvalue weighted by Gasteiger charge is -2.21. The number of nitrogen functional groups attached to an aromatic ring is 1. The molecule has 0 spiro atoms. The van der Waals surface area contributed by atoms with Gasteiger partial charge in [0.1, 0.15) is 0 Å². The van der Waals surface area contributed by atoms with Crippen LogP contribution < -0.4 is 15.8 Å². The molecule has 0 unspecified atom stereocenters. The Morgan fingerprint density at radius 2 is 2.11 bits per heavy atom. The molecule has 0 heterocycles. The zero-order chi connectivity index (χ0) is 13.3. The van der Waals surface area contributed by atoms with E-state index in [1.54, 1.807) is 6.07 Å². The molecule has 3 nitrogen and oxygen atoms in total. The first kappa shape index (κ1) is 13.0. The SMILES string of the molecule is COc1cc(NCC2(C(C)C)CC2)c(N)cc1F. The molecule has 3 N–H and O–H groups in total. The molecule has 4 heteroatoms. The Labute approximate surface area is 108 Å². The van der Waals surface area contributed by atoms with Crippen LogP contribution in [0, 0.1) is 17.2 Å². The van der Waals surface area contributed by atoms with Crippen LogP contribution in [0.25, 0.3) is 0 Å². The van der Waals surface area contributed by atoms with E-state index in [4.69, 9.17) is 10.5 Å². The minimum absolute atomic E-state index is 0.223. The molecule has 0 radical (unpaired) electrons. The number of nitrogens with one attached hydrogen (secondary N) is 1. The molecule has 2 rings (SSSR count).